The maximum absolute atomic E-state index is 13.0. The monoisotopic (exact) mass is 409 g/mol. The molecule has 1 saturated heterocycles. The zero-order chi connectivity index (χ0) is 19.6. The Balaban J connectivity index is 1.87. The van der Waals surface area contributed by atoms with Crippen molar-refractivity contribution in [1.82, 2.24) is 0 Å². The molecule has 1 aliphatic rings. The number of hydrogen-bond donors (Lipinski definition) is 0. The topological polar surface area (TPSA) is 37.4 Å². The average Bonchev–Trinajstić information content (AvgIpc) is 2.89. The predicted molar refractivity (Wildman–Crippen MR) is 100 cm³/mol. The fourth-order valence-corrected chi connectivity index (χ4v) is 3.40. The van der Waals surface area contributed by atoms with E-state index in [0.29, 0.717) is 22.7 Å². The van der Waals surface area contributed by atoms with E-state index in [1.54, 1.807) is 12.2 Å². The first-order valence-electron chi connectivity index (χ1n) is 7.64. The molecule has 2 amide bonds. The number of halogens is 4. The zero-order valence-corrected chi connectivity index (χ0v) is 15.1. The van der Waals surface area contributed by atoms with Crippen molar-refractivity contribution < 1.29 is 22.8 Å². The van der Waals surface area contributed by atoms with Crippen molar-refractivity contribution in [2.24, 2.45) is 0 Å². The van der Waals surface area contributed by atoms with E-state index in [-0.39, 0.29) is 10.6 Å². The summed E-state index contributed by atoms with van der Waals surface area (Å²) in [6.45, 7) is 0. The number of carbonyl (C=O) groups is 2. The fraction of sp³-hybridized carbons (Fsp3) is 0.0526. The van der Waals surface area contributed by atoms with Crippen LogP contribution in [0, 0.1) is 0 Å². The van der Waals surface area contributed by atoms with E-state index in [2.05, 4.69) is 0 Å². The number of imide groups is 1. The van der Waals surface area contributed by atoms with Crippen LogP contribution in [-0.4, -0.2) is 11.1 Å². The van der Waals surface area contributed by atoms with Crippen molar-refractivity contribution in [3.8, 4) is 0 Å². The number of benzene rings is 2. The number of thioether (sulfide) groups is 1. The molecule has 0 bridgehead atoms. The molecule has 0 aliphatic carbocycles. The average molecular weight is 410 g/mol. The van der Waals surface area contributed by atoms with Gasteiger partial charge in [0.1, 0.15) is 0 Å². The molecule has 0 spiro atoms. The summed E-state index contributed by atoms with van der Waals surface area (Å²) in [5.74, 6) is -0.682. The maximum atomic E-state index is 13.0. The van der Waals surface area contributed by atoms with Gasteiger partial charge in [-0.15, -0.1) is 0 Å². The van der Waals surface area contributed by atoms with E-state index < -0.39 is 27.9 Å². The molecule has 0 unspecified atom stereocenters. The summed E-state index contributed by atoms with van der Waals surface area (Å²) in [5, 5.41) is -1.17. The molecule has 3 rings (SSSR count). The SMILES string of the molecule is O=C1S/C(=C\C=C\c2ccccc2)C(=O)N1c1ccc(Cl)c(C(F)(F)F)c1. The number of alkyl halides is 3. The summed E-state index contributed by atoms with van der Waals surface area (Å²) in [4.78, 5) is 25.5. The van der Waals surface area contributed by atoms with Crippen LogP contribution in [0.3, 0.4) is 0 Å². The van der Waals surface area contributed by atoms with Crippen LogP contribution < -0.4 is 4.90 Å². The smallest absolute Gasteiger partial charge is 0.268 e. The molecule has 1 aliphatic heterocycles. The summed E-state index contributed by atoms with van der Waals surface area (Å²) < 4.78 is 39.0. The van der Waals surface area contributed by atoms with Crippen molar-refractivity contribution in [3.05, 3.63) is 81.7 Å². The van der Waals surface area contributed by atoms with Gasteiger partial charge in [-0.1, -0.05) is 54.1 Å². The Morgan fingerprint density at radius 2 is 1.74 bits per heavy atom. The normalized spacial score (nSPS) is 16.7. The van der Waals surface area contributed by atoms with Crippen LogP contribution >= 0.6 is 23.4 Å². The Morgan fingerprint density at radius 1 is 1.04 bits per heavy atom. The Kier molecular flexibility index (Phi) is 5.43. The minimum Gasteiger partial charge on any atom is -0.268 e. The Hall–Kier alpha value is -2.51. The standard InChI is InChI=1S/C19H11ClF3NO2S/c20-15-10-9-13(11-14(15)19(21,22)23)24-17(25)16(27-18(24)26)8-4-7-12-5-2-1-3-6-12/h1-11H/b7-4+,16-8-. The largest absolute Gasteiger partial charge is 0.417 e. The van der Waals surface area contributed by atoms with Gasteiger partial charge in [0.25, 0.3) is 11.1 Å². The van der Waals surface area contributed by atoms with Crippen LogP contribution in [0.4, 0.5) is 23.7 Å². The van der Waals surface area contributed by atoms with Crippen LogP contribution in [0.2, 0.25) is 5.02 Å². The van der Waals surface area contributed by atoms with Gasteiger partial charge >= 0.3 is 6.18 Å². The molecule has 0 atom stereocenters. The highest BCUT2D eigenvalue weighted by atomic mass is 35.5. The van der Waals surface area contributed by atoms with Crippen molar-refractivity contribution in [3.63, 3.8) is 0 Å². The molecule has 1 heterocycles. The molecule has 0 saturated carbocycles. The van der Waals surface area contributed by atoms with Crippen molar-refractivity contribution in [2.45, 2.75) is 6.18 Å². The summed E-state index contributed by atoms with van der Waals surface area (Å²) >= 11 is 6.24. The van der Waals surface area contributed by atoms with E-state index in [9.17, 15) is 22.8 Å². The van der Waals surface area contributed by atoms with E-state index in [1.807, 2.05) is 30.3 Å². The van der Waals surface area contributed by atoms with Crippen LogP contribution in [-0.2, 0) is 11.0 Å². The van der Waals surface area contributed by atoms with Gasteiger partial charge in [-0.25, -0.2) is 4.90 Å². The van der Waals surface area contributed by atoms with Crippen molar-refractivity contribution >= 4 is 46.3 Å². The highest BCUT2D eigenvalue weighted by Gasteiger charge is 2.39. The fourth-order valence-electron chi connectivity index (χ4n) is 2.38. The van der Waals surface area contributed by atoms with Gasteiger partial charge in [0.15, 0.2) is 0 Å². The number of carbonyl (C=O) groups excluding carboxylic acids is 2. The van der Waals surface area contributed by atoms with Crippen molar-refractivity contribution in [1.29, 1.82) is 0 Å². The molecule has 2 aromatic carbocycles. The minimum atomic E-state index is -4.69. The molecule has 1 fully saturated rings. The Morgan fingerprint density at radius 3 is 2.41 bits per heavy atom. The number of nitrogens with zero attached hydrogens (tertiary/aromatic N) is 1. The summed E-state index contributed by atoms with van der Waals surface area (Å²) in [5.41, 5.74) is -0.376. The molecular weight excluding hydrogens is 399 g/mol. The van der Waals surface area contributed by atoms with Gasteiger partial charge in [-0.3, -0.25) is 9.59 Å². The lowest BCUT2D eigenvalue weighted by Gasteiger charge is -2.16. The number of rotatable bonds is 3. The van der Waals surface area contributed by atoms with Gasteiger partial charge in [-0.05, 0) is 41.6 Å². The second kappa shape index (κ2) is 7.62. The molecule has 3 nitrogen and oxygen atoms in total. The number of hydrogen-bond acceptors (Lipinski definition) is 3. The quantitative estimate of drug-likeness (QED) is 0.570. The third-order valence-electron chi connectivity index (χ3n) is 3.64. The van der Waals surface area contributed by atoms with Gasteiger partial charge in [0.2, 0.25) is 0 Å². The molecular formula is C19H11ClF3NO2S. The van der Waals surface area contributed by atoms with E-state index >= 15 is 0 Å². The summed E-state index contributed by atoms with van der Waals surface area (Å²) in [6.07, 6.45) is 0.120. The molecule has 27 heavy (non-hydrogen) atoms. The maximum Gasteiger partial charge on any atom is 0.417 e. The van der Waals surface area contributed by atoms with Gasteiger partial charge in [-0.2, -0.15) is 13.2 Å². The number of allylic oxidation sites excluding steroid dienone is 2. The summed E-state index contributed by atoms with van der Waals surface area (Å²) in [7, 11) is 0. The third-order valence-corrected chi connectivity index (χ3v) is 4.86. The highest BCUT2D eigenvalue weighted by molar-refractivity contribution is 8.18. The van der Waals surface area contributed by atoms with Crippen LogP contribution in [0.25, 0.3) is 6.08 Å². The highest BCUT2D eigenvalue weighted by Crippen LogP contribution is 2.40. The second-order valence-corrected chi connectivity index (χ2v) is 6.87. The third kappa shape index (κ3) is 4.26. The minimum absolute atomic E-state index is 0.121. The molecule has 2 aromatic rings. The lowest BCUT2D eigenvalue weighted by atomic mass is 10.1. The Labute approximate surface area is 162 Å². The molecule has 0 N–H and O–H groups in total. The van der Waals surface area contributed by atoms with Crippen LogP contribution in [0.5, 0.6) is 0 Å². The lowest BCUT2D eigenvalue weighted by Crippen LogP contribution is -2.28. The van der Waals surface area contributed by atoms with Crippen LogP contribution in [0.1, 0.15) is 11.1 Å². The van der Waals surface area contributed by atoms with E-state index in [4.69, 9.17) is 11.6 Å². The molecule has 0 radical (unpaired) electrons. The molecule has 138 valence electrons. The first-order chi connectivity index (χ1) is 12.8. The van der Waals surface area contributed by atoms with Crippen molar-refractivity contribution in [2.75, 3.05) is 4.90 Å². The van der Waals surface area contributed by atoms with Gasteiger partial charge in [0, 0.05) is 0 Å². The van der Waals surface area contributed by atoms with Gasteiger partial charge in [0.05, 0.1) is 21.2 Å². The van der Waals surface area contributed by atoms with Gasteiger partial charge < -0.3 is 0 Å². The zero-order valence-electron chi connectivity index (χ0n) is 13.5. The molecule has 0 aromatic heterocycles. The number of amides is 2. The van der Waals surface area contributed by atoms with E-state index in [1.165, 1.54) is 12.1 Å². The van der Waals surface area contributed by atoms with E-state index in [0.717, 1.165) is 11.6 Å². The lowest BCUT2D eigenvalue weighted by molar-refractivity contribution is -0.137. The predicted octanol–water partition coefficient (Wildman–Crippen LogP) is 6.16. The first-order valence-corrected chi connectivity index (χ1v) is 8.83. The first kappa shape index (κ1) is 19.3. The van der Waals surface area contributed by atoms with Crippen LogP contribution in [0.15, 0.2) is 65.6 Å². The molecule has 8 heteroatoms. The second-order valence-electron chi connectivity index (χ2n) is 5.47. The number of anilines is 1. The Bertz CT molecular complexity index is 955. The summed E-state index contributed by atoms with van der Waals surface area (Å²) in [6, 6.07) is 12.2.